The van der Waals surface area contributed by atoms with Crippen molar-refractivity contribution in [3.8, 4) is 22.7 Å². The molecule has 0 saturated heterocycles. The van der Waals surface area contributed by atoms with Crippen LogP contribution in [0.2, 0.25) is 5.02 Å². The van der Waals surface area contributed by atoms with Gasteiger partial charge in [0.2, 0.25) is 0 Å². The monoisotopic (exact) mass is 396 g/mol. The normalized spacial score (nSPS) is 10.7. The Morgan fingerprint density at radius 3 is 2.50 bits per heavy atom. The van der Waals surface area contributed by atoms with E-state index in [2.05, 4.69) is 12.2 Å². The summed E-state index contributed by atoms with van der Waals surface area (Å²) in [4.78, 5) is 12.8. The minimum Gasteiger partial charge on any atom is -0.497 e. The van der Waals surface area contributed by atoms with Gasteiger partial charge in [-0.05, 0) is 61.4 Å². The van der Waals surface area contributed by atoms with E-state index in [1.54, 1.807) is 7.11 Å². The molecule has 3 rings (SSSR count). The van der Waals surface area contributed by atoms with Crippen LogP contribution in [0, 0.1) is 6.92 Å². The molecule has 1 heterocycles. The Labute approximate surface area is 171 Å². The highest BCUT2D eigenvalue weighted by molar-refractivity contribution is 6.32. The van der Waals surface area contributed by atoms with E-state index in [0.29, 0.717) is 17.1 Å². The van der Waals surface area contributed by atoms with Crippen LogP contribution in [0.5, 0.6) is 5.75 Å². The molecule has 0 spiro atoms. The summed E-state index contributed by atoms with van der Waals surface area (Å²) in [7, 11) is 1.64. The number of benzene rings is 2. The number of nitrogens with zero attached hydrogens (tertiary/aromatic N) is 1. The van der Waals surface area contributed by atoms with Gasteiger partial charge in [0.05, 0.1) is 29.1 Å². The maximum atomic E-state index is 12.8. The Morgan fingerprint density at radius 2 is 1.86 bits per heavy atom. The zero-order chi connectivity index (χ0) is 20.1. The van der Waals surface area contributed by atoms with Gasteiger partial charge in [-0.25, -0.2) is 0 Å². The first kappa shape index (κ1) is 20.0. The summed E-state index contributed by atoms with van der Waals surface area (Å²) >= 11 is 6.49. The van der Waals surface area contributed by atoms with Gasteiger partial charge in [-0.2, -0.15) is 0 Å². The number of halogens is 1. The van der Waals surface area contributed by atoms with E-state index in [1.807, 2.05) is 66.1 Å². The molecule has 1 N–H and O–H groups in total. The molecule has 2 aromatic carbocycles. The van der Waals surface area contributed by atoms with Gasteiger partial charge in [0.1, 0.15) is 5.75 Å². The van der Waals surface area contributed by atoms with Gasteiger partial charge < -0.3 is 14.6 Å². The molecule has 1 amide bonds. The zero-order valence-corrected chi connectivity index (χ0v) is 17.2. The van der Waals surface area contributed by atoms with Crippen LogP contribution in [-0.2, 0) is 0 Å². The van der Waals surface area contributed by atoms with Gasteiger partial charge in [-0.3, -0.25) is 4.79 Å². The molecule has 0 radical (unpaired) electrons. The summed E-state index contributed by atoms with van der Waals surface area (Å²) in [6.07, 6.45) is 2.00. The standard InChI is InChI=1S/C23H25ClN2O2/c1-4-5-14-25-23(27)19-15-22(17-10-12-18(28-3)13-11-17)26(16(19)2)21-9-7-6-8-20(21)24/h6-13,15H,4-5,14H2,1-3H3,(H,25,27). The minimum atomic E-state index is -0.0634. The minimum absolute atomic E-state index is 0.0634. The van der Waals surface area contributed by atoms with E-state index < -0.39 is 0 Å². The fourth-order valence-corrected chi connectivity index (χ4v) is 3.45. The van der Waals surface area contributed by atoms with E-state index in [9.17, 15) is 4.79 Å². The van der Waals surface area contributed by atoms with Gasteiger partial charge in [-0.15, -0.1) is 0 Å². The van der Waals surface area contributed by atoms with E-state index in [1.165, 1.54) is 0 Å². The number of ether oxygens (including phenoxy) is 1. The second kappa shape index (κ2) is 8.98. The van der Waals surface area contributed by atoms with E-state index in [0.717, 1.165) is 41.2 Å². The average Bonchev–Trinajstić information content (AvgIpc) is 3.05. The summed E-state index contributed by atoms with van der Waals surface area (Å²) in [6.45, 7) is 4.72. The first-order valence-corrected chi connectivity index (χ1v) is 9.84. The third kappa shape index (κ3) is 4.07. The first-order chi connectivity index (χ1) is 13.6. The first-order valence-electron chi connectivity index (χ1n) is 9.46. The number of amides is 1. The van der Waals surface area contributed by atoms with Crippen LogP contribution < -0.4 is 10.1 Å². The highest BCUT2D eigenvalue weighted by Gasteiger charge is 2.20. The maximum Gasteiger partial charge on any atom is 0.253 e. The number of aromatic nitrogens is 1. The van der Waals surface area contributed by atoms with Crippen molar-refractivity contribution in [2.24, 2.45) is 0 Å². The maximum absolute atomic E-state index is 12.8. The predicted molar refractivity (Wildman–Crippen MR) is 115 cm³/mol. The van der Waals surface area contributed by atoms with Crippen LogP contribution in [0.1, 0.15) is 35.8 Å². The summed E-state index contributed by atoms with van der Waals surface area (Å²) < 4.78 is 7.31. The number of rotatable bonds is 7. The lowest BCUT2D eigenvalue weighted by atomic mass is 10.1. The summed E-state index contributed by atoms with van der Waals surface area (Å²) in [5, 5.41) is 3.65. The van der Waals surface area contributed by atoms with Crippen molar-refractivity contribution in [1.29, 1.82) is 0 Å². The number of hydrogen-bond acceptors (Lipinski definition) is 2. The molecule has 0 aliphatic heterocycles. The fraction of sp³-hybridized carbons (Fsp3) is 0.261. The lowest BCUT2D eigenvalue weighted by Gasteiger charge is -2.14. The lowest BCUT2D eigenvalue weighted by molar-refractivity contribution is 0.0952. The van der Waals surface area contributed by atoms with E-state index >= 15 is 0 Å². The molecule has 146 valence electrons. The van der Waals surface area contributed by atoms with Crippen molar-refractivity contribution in [2.45, 2.75) is 26.7 Å². The highest BCUT2D eigenvalue weighted by Crippen LogP contribution is 2.33. The van der Waals surface area contributed by atoms with Crippen molar-refractivity contribution in [3.63, 3.8) is 0 Å². The zero-order valence-electron chi connectivity index (χ0n) is 16.5. The highest BCUT2D eigenvalue weighted by atomic mass is 35.5. The van der Waals surface area contributed by atoms with Gasteiger partial charge in [0, 0.05) is 12.2 Å². The Morgan fingerprint density at radius 1 is 1.14 bits per heavy atom. The number of hydrogen-bond donors (Lipinski definition) is 1. The molecule has 0 saturated carbocycles. The lowest BCUT2D eigenvalue weighted by Crippen LogP contribution is -2.24. The molecular weight excluding hydrogens is 372 g/mol. The van der Waals surface area contributed by atoms with Crippen LogP contribution >= 0.6 is 11.6 Å². The molecular formula is C23H25ClN2O2. The van der Waals surface area contributed by atoms with Crippen molar-refractivity contribution < 1.29 is 9.53 Å². The van der Waals surface area contributed by atoms with Gasteiger partial charge in [0.15, 0.2) is 0 Å². The van der Waals surface area contributed by atoms with Crippen LogP contribution in [0.15, 0.2) is 54.6 Å². The second-order valence-electron chi connectivity index (χ2n) is 6.65. The average molecular weight is 397 g/mol. The van der Waals surface area contributed by atoms with Crippen molar-refractivity contribution in [2.75, 3.05) is 13.7 Å². The van der Waals surface area contributed by atoms with Crippen LogP contribution in [0.25, 0.3) is 16.9 Å². The Bertz CT molecular complexity index is 961. The largest absolute Gasteiger partial charge is 0.497 e. The summed E-state index contributed by atoms with van der Waals surface area (Å²) in [5.74, 6) is 0.723. The molecule has 0 fully saturated rings. The molecule has 5 heteroatoms. The molecule has 0 aliphatic rings. The second-order valence-corrected chi connectivity index (χ2v) is 7.06. The Hall–Kier alpha value is -2.72. The van der Waals surface area contributed by atoms with Gasteiger partial charge in [0.25, 0.3) is 5.91 Å². The fourth-order valence-electron chi connectivity index (χ4n) is 3.23. The molecule has 1 aromatic heterocycles. The van der Waals surface area contributed by atoms with Crippen LogP contribution in [0.4, 0.5) is 0 Å². The van der Waals surface area contributed by atoms with E-state index in [4.69, 9.17) is 16.3 Å². The number of unbranched alkanes of at least 4 members (excludes halogenated alkanes) is 1. The Balaban J connectivity index is 2.12. The molecule has 0 bridgehead atoms. The third-order valence-electron chi connectivity index (χ3n) is 4.79. The molecule has 0 unspecified atom stereocenters. The molecule has 3 aromatic rings. The number of nitrogens with one attached hydrogen (secondary N) is 1. The molecule has 0 atom stereocenters. The van der Waals surface area contributed by atoms with Crippen LogP contribution in [0.3, 0.4) is 0 Å². The number of carbonyl (C=O) groups excluding carboxylic acids is 1. The molecule has 4 nitrogen and oxygen atoms in total. The number of methoxy groups -OCH3 is 1. The van der Waals surface area contributed by atoms with E-state index in [-0.39, 0.29) is 5.91 Å². The van der Waals surface area contributed by atoms with Crippen LogP contribution in [-0.4, -0.2) is 24.1 Å². The molecule has 28 heavy (non-hydrogen) atoms. The van der Waals surface area contributed by atoms with Crippen molar-refractivity contribution in [1.82, 2.24) is 9.88 Å². The number of carbonyl (C=O) groups is 1. The third-order valence-corrected chi connectivity index (χ3v) is 5.11. The number of para-hydroxylation sites is 1. The van der Waals surface area contributed by atoms with Crippen molar-refractivity contribution >= 4 is 17.5 Å². The predicted octanol–water partition coefficient (Wildman–Crippen LogP) is 5.64. The summed E-state index contributed by atoms with van der Waals surface area (Å²) in [5.41, 5.74) is 4.25. The quantitative estimate of drug-likeness (QED) is 0.525. The smallest absolute Gasteiger partial charge is 0.253 e. The Kier molecular flexibility index (Phi) is 6.42. The topological polar surface area (TPSA) is 43.3 Å². The SMILES string of the molecule is CCCCNC(=O)c1cc(-c2ccc(OC)cc2)n(-c2ccccc2Cl)c1C. The van der Waals surface area contributed by atoms with Gasteiger partial charge in [-0.1, -0.05) is 37.1 Å². The van der Waals surface area contributed by atoms with Crippen molar-refractivity contribution in [3.05, 3.63) is 70.9 Å². The van der Waals surface area contributed by atoms with Gasteiger partial charge >= 0.3 is 0 Å². The molecule has 0 aliphatic carbocycles. The summed E-state index contributed by atoms with van der Waals surface area (Å²) in [6, 6.07) is 17.4.